The third kappa shape index (κ3) is 1.26. The summed E-state index contributed by atoms with van der Waals surface area (Å²) in [5, 5.41) is 0. The lowest BCUT2D eigenvalue weighted by Crippen LogP contribution is -2.22. The zero-order valence-corrected chi connectivity index (χ0v) is 6.60. The van der Waals surface area contributed by atoms with Crippen LogP contribution in [0.1, 0.15) is 0 Å². The van der Waals surface area contributed by atoms with E-state index in [2.05, 4.69) is 24.9 Å². The first kappa shape index (κ1) is 7.47. The number of aliphatic imine (C=N–C) groups is 1. The molecule has 5 N–H and O–H groups in total. The van der Waals surface area contributed by atoms with E-state index < -0.39 is 0 Å². The van der Waals surface area contributed by atoms with E-state index in [9.17, 15) is 0 Å². The van der Waals surface area contributed by atoms with Crippen molar-refractivity contribution in [2.24, 2.45) is 16.5 Å². The van der Waals surface area contributed by atoms with Crippen molar-refractivity contribution in [2.75, 3.05) is 0 Å². The summed E-state index contributed by atoms with van der Waals surface area (Å²) in [6, 6.07) is 0. The van der Waals surface area contributed by atoms with Crippen LogP contribution in [-0.2, 0) is 0 Å². The molecule has 0 aliphatic heterocycles. The Hall–Kier alpha value is -2.18. The molecule has 7 nitrogen and oxygen atoms in total. The standard InChI is InChI=1S/C6H7N7/c7-6(8)13-5-3-4(10-1-9-3)11-2-12-5/h1-2H,(H5,7,8,9,10,11,12,13). The lowest BCUT2D eigenvalue weighted by atomic mass is 10.5. The molecule has 0 saturated carbocycles. The molecule has 0 saturated heterocycles. The van der Waals surface area contributed by atoms with Crippen molar-refractivity contribution in [2.45, 2.75) is 0 Å². The molecule has 0 aliphatic rings. The number of hydrogen-bond acceptors (Lipinski definition) is 4. The van der Waals surface area contributed by atoms with Crippen LogP contribution in [0.3, 0.4) is 0 Å². The number of hydrogen-bond donors (Lipinski definition) is 3. The molecular formula is C6H7N7. The van der Waals surface area contributed by atoms with Crippen LogP contribution in [0.15, 0.2) is 17.6 Å². The summed E-state index contributed by atoms with van der Waals surface area (Å²) < 4.78 is 0. The smallest absolute Gasteiger partial charge is 0.192 e. The van der Waals surface area contributed by atoms with E-state index in [-0.39, 0.29) is 5.96 Å². The summed E-state index contributed by atoms with van der Waals surface area (Å²) in [4.78, 5) is 18.4. The zero-order valence-electron chi connectivity index (χ0n) is 6.60. The molecule has 0 fully saturated rings. The van der Waals surface area contributed by atoms with Crippen molar-refractivity contribution in [1.82, 2.24) is 19.9 Å². The number of guanidine groups is 1. The second-order valence-electron chi connectivity index (χ2n) is 2.34. The number of rotatable bonds is 1. The highest BCUT2D eigenvalue weighted by Crippen LogP contribution is 2.16. The molecule has 0 amide bonds. The molecule has 0 aromatic carbocycles. The van der Waals surface area contributed by atoms with Gasteiger partial charge in [-0.2, -0.15) is 4.99 Å². The minimum absolute atomic E-state index is 0.0467. The summed E-state index contributed by atoms with van der Waals surface area (Å²) in [6.07, 6.45) is 2.86. The number of aromatic nitrogens is 4. The Bertz CT molecular complexity index is 453. The van der Waals surface area contributed by atoms with Crippen molar-refractivity contribution >= 4 is 22.9 Å². The normalized spacial score (nSPS) is 10.2. The second kappa shape index (κ2) is 2.70. The van der Waals surface area contributed by atoms with E-state index in [0.717, 1.165) is 0 Å². The molecule has 2 aromatic rings. The third-order valence-corrected chi connectivity index (χ3v) is 1.44. The predicted octanol–water partition coefficient (Wildman–Crippen LogP) is -0.742. The molecule has 66 valence electrons. The molecule has 2 heterocycles. The number of fused-ring (bicyclic) bond motifs is 1. The molecule has 13 heavy (non-hydrogen) atoms. The second-order valence-corrected chi connectivity index (χ2v) is 2.34. The van der Waals surface area contributed by atoms with Gasteiger partial charge in [-0.05, 0) is 0 Å². The highest BCUT2D eigenvalue weighted by molar-refractivity contribution is 5.86. The third-order valence-electron chi connectivity index (χ3n) is 1.44. The quantitative estimate of drug-likeness (QED) is 0.391. The first-order valence-electron chi connectivity index (χ1n) is 3.51. The van der Waals surface area contributed by atoms with Gasteiger partial charge < -0.3 is 16.5 Å². The topological polar surface area (TPSA) is 119 Å². The Morgan fingerprint density at radius 1 is 1.31 bits per heavy atom. The molecular weight excluding hydrogens is 170 g/mol. The van der Waals surface area contributed by atoms with Gasteiger partial charge in [0.1, 0.15) is 11.8 Å². The Kier molecular flexibility index (Phi) is 1.55. The zero-order chi connectivity index (χ0) is 9.26. The Morgan fingerprint density at radius 3 is 2.92 bits per heavy atom. The van der Waals surface area contributed by atoms with Gasteiger partial charge >= 0.3 is 0 Å². The average molecular weight is 177 g/mol. The first-order chi connectivity index (χ1) is 6.27. The van der Waals surface area contributed by atoms with E-state index in [1.807, 2.05) is 0 Å². The number of imidazole rings is 1. The number of nitrogens with two attached hydrogens (primary N) is 2. The number of nitrogens with zero attached hydrogens (tertiary/aromatic N) is 4. The SMILES string of the molecule is NC(N)=Nc1ncnc2nc[nH]c12. The van der Waals surface area contributed by atoms with Crippen LogP contribution in [0, 0.1) is 0 Å². The van der Waals surface area contributed by atoms with Gasteiger partial charge in [0.25, 0.3) is 0 Å². The van der Waals surface area contributed by atoms with Gasteiger partial charge in [0, 0.05) is 0 Å². The van der Waals surface area contributed by atoms with Crippen LogP contribution in [0.5, 0.6) is 0 Å². The lowest BCUT2D eigenvalue weighted by molar-refractivity contribution is 1.18. The van der Waals surface area contributed by atoms with Crippen molar-refractivity contribution in [3.8, 4) is 0 Å². The Morgan fingerprint density at radius 2 is 2.15 bits per heavy atom. The largest absolute Gasteiger partial charge is 0.370 e. The minimum atomic E-state index is -0.0467. The predicted molar refractivity (Wildman–Crippen MR) is 47.2 cm³/mol. The Balaban J connectivity index is 2.68. The van der Waals surface area contributed by atoms with E-state index in [4.69, 9.17) is 11.5 Å². The number of aromatic amines is 1. The molecule has 2 rings (SSSR count). The van der Waals surface area contributed by atoms with Crippen molar-refractivity contribution in [1.29, 1.82) is 0 Å². The molecule has 0 radical (unpaired) electrons. The Labute approximate surface area is 72.9 Å². The van der Waals surface area contributed by atoms with Crippen molar-refractivity contribution in [3.63, 3.8) is 0 Å². The monoisotopic (exact) mass is 177 g/mol. The van der Waals surface area contributed by atoms with E-state index in [1.165, 1.54) is 12.7 Å². The van der Waals surface area contributed by atoms with Crippen LogP contribution >= 0.6 is 0 Å². The van der Waals surface area contributed by atoms with Gasteiger partial charge in [-0.3, -0.25) is 0 Å². The summed E-state index contributed by atoms with van der Waals surface area (Å²) in [7, 11) is 0. The first-order valence-corrected chi connectivity index (χ1v) is 3.51. The van der Waals surface area contributed by atoms with Crippen LogP contribution in [-0.4, -0.2) is 25.9 Å². The fourth-order valence-electron chi connectivity index (χ4n) is 0.959. The average Bonchev–Trinajstić information content (AvgIpc) is 2.51. The fraction of sp³-hybridized carbons (Fsp3) is 0. The lowest BCUT2D eigenvalue weighted by Gasteiger charge is -1.93. The van der Waals surface area contributed by atoms with Gasteiger partial charge in [0.2, 0.25) is 0 Å². The summed E-state index contributed by atoms with van der Waals surface area (Å²) in [5.74, 6) is 0.345. The maximum atomic E-state index is 5.22. The molecule has 0 bridgehead atoms. The van der Waals surface area contributed by atoms with Crippen LogP contribution in [0.25, 0.3) is 11.2 Å². The van der Waals surface area contributed by atoms with E-state index in [0.29, 0.717) is 17.0 Å². The molecule has 7 heteroatoms. The molecule has 0 atom stereocenters. The maximum Gasteiger partial charge on any atom is 0.192 e. The molecule has 0 aliphatic carbocycles. The van der Waals surface area contributed by atoms with Crippen LogP contribution in [0.2, 0.25) is 0 Å². The molecule has 0 unspecified atom stereocenters. The summed E-state index contributed by atoms with van der Waals surface area (Å²) >= 11 is 0. The fourth-order valence-corrected chi connectivity index (χ4v) is 0.959. The molecule has 2 aromatic heterocycles. The number of H-pyrrole nitrogens is 1. The van der Waals surface area contributed by atoms with Crippen molar-refractivity contribution < 1.29 is 0 Å². The minimum Gasteiger partial charge on any atom is -0.370 e. The van der Waals surface area contributed by atoms with E-state index >= 15 is 0 Å². The summed E-state index contributed by atoms with van der Waals surface area (Å²) in [5.41, 5.74) is 11.6. The van der Waals surface area contributed by atoms with Gasteiger partial charge in [-0.15, -0.1) is 0 Å². The van der Waals surface area contributed by atoms with E-state index in [1.54, 1.807) is 0 Å². The highest BCUT2D eigenvalue weighted by Gasteiger charge is 2.03. The number of nitrogens with one attached hydrogen (secondary N) is 1. The van der Waals surface area contributed by atoms with Crippen LogP contribution in [0.4, 0.5) is 5.82 Å². The maximum absolute atomic E-state index is 5.22. The molecule has 0 spiro atoms. The van der Waals surface area contributed by atoms with Gasteiger partial charge in [0.15, 0.2) is 17.4 Å². The highest BCUT2D eigenvalue weighted by atomic mass is 15.1. The van der Waals surface area contributed by atoms with Gasteiger partial charge in [0.05, 0.1) is 6.33 Å². The van der Waals surface area contributed by atoms with Crippen molar-refractivity contribution in [3.05, 3.63) is 12.7 Å². The van der Waals surface area contributed by atoms with Gasteiger partial charge in [-0.1, -0.05) is 0 Å². The summed E-state index contributed by atoms with van der Waals surface area (Å²) in [6.45, 7) is 0. The van der Waals surface area contributed by atoms with Gasteiger partial charge in [-0.25, -0.2) is 15.0 Å². The van der Waals surface area contributed by atoms with Crippen LogP contribution < -0.4 is 11.5 Å².